The molecule has 0 N–H and O–H groups in total. The van der Waals surface area contributed by atoms with Gasteiger partial charge in [-0.1, -0.05) is 180 Å². The molecule has 0 aromatic heterocycles. The van der Waals surface area contributed by atoms with Crippen LogP contribution < -0.4 is 0 Å². The molecule has 48 heavy (non-hydrogen) atoms. The third-order valence-electron chi connectivity index (χ3n) is 9.79. The fourth-order valence-electron chi connectivity index (χ4n) is 6.59. The standard InChI is InChI=1S/C42H80O4S2/c43-41-33-39-48-40-34-42(44)46-36-30-26-22-18-14-10-6-2-4-8-12-16-20-24-28-32-38-47-37-31-27-23-19-15-11-7-3-1-5-9-13-17-21-25-29-35-45-41/h1-40H2. The van der Waals surface area contributed by atoms with E-state index in [-0.39, 0.29) is 11.9 Å². The second-order valence-corrected chi connectivity index (χ2v) is 16.9. The summed E-state index contributed by atoms with van der Waals surface area (Å²) in [5.41, 5.74) is 0. The van der Waals surface area contributed by atoms with Crippen molar-refractivity contribution in [1.82, 2.24) is 0 Å². The predicted molar refractivity (Wildman–Crippen MR) is 214 cm³/mol. The van der Waals surface area contributed by atoms with Crippen LogP contribution in [-0.2, 0) is 19.1 Å². The Morgan fingerprint density at radius 3 is 0.750 bits per heavy atom. The molecule has 0 aromatic rings. The Kier molecular flexibility index (Phi) is 37.5. The molecule has 0 aliphatic carbocycles. The zero-order valence-corrected chi connectivity index (χ0v) is 33.4. The highest BCUT2D eigenvalue weighted by Crippen LogP contribution is 2.17. The van der Waals surface area contributed by atoms with Gasteiger partial charge in [0, 0.05) is 11.5 Å². The largest absolute Gasteiger partial charge is 0.466 e. The normalized spacial score (nSPS) is 23.2. The van der Waals surface area contributed by atoms with E-state index >= 15 is 0 Å². The average Bonchev–Trinajstić information content (AvgIpc) is 3.08. The van der Waals surface area contributed by atoms with Crippen LogP contribution in [0.4, 0.5) is 0 Å². The van der Waals surface area contributed by atoms with E-state index in [2.05, 4.69) is 11.8 Å². The molecule has 0 unspecified atom stereocenters. The SMILES string of the molecule is O=C1CCSCCC(=O)OCCCCCCCCCCCCCCCCCCSCCCCCCCCCCCCCCCCCCO1. The van der Waals surface area contributed by atoms with Gasteiger partial charge in [0.15, 0.2) is 0 Å². The van der Waals surface area contributed by atoms with Gasteiger partial charge in [-0.25, -0.2) is 0 Å². The van der Waals surface area contributed by atoms with Gasteiger partial charge < -0.3 is 9.47 Å². The summed E-state index contributed by atoms with van der Waals surface area (Å²) in [5, 5.41) is 0. The molecule has 0 amide bonds. The maximum atomic E-state index is 12.0. The zero-order chi connectivity index (χ0) is 34.3. The van der Waals surface area contributed by atoms with E-state index in [9.17, 15) is 9.59 Å². The van der Waals surface area contributed by atoms with Crippen LogP contribution >= 0.6 is 23.5 Å². The second kappa shape index (κ2) is 39.4. The minimum absolute atomic E-state index is 0.105. The van der Waals surface area contributed by atoms with Crippen LogP contribution in [-0.4, -0.2) is 48.2 Å². The Bertz CT molecular complexity index is 620. The van der Waals surface area contributed by atoms with Gasteiger partial charge in [0.25, 0.3) is 0 Å². The molecule has 1 aliphatic heterocycles. The minimum atomic E-state index is -0.105. The summed E-state index contributed by atoms with van der Waals surface area (Å²) in [6, 6.07) is 0. The smallest absolute Gasteiger partial charge is 0.306 e. The molecule has 0 bridgehead atoms. The number of carbonyl (C=O) groups is 2. The van der Waals surface area contributed by atoms with Crippen molar-refractivity contribution in [1.29, 1.82) is 0 Å². The molecule has 284 valence electrons. The van der Waals surface area contributed by atoms with E-state index in [0.717, 1.165) is 25.7 Å². The van der Waals surface area contributed by atoms with Crippen molar-refractivity contribution in [3.05, 3.63) is 0 Å². The molecule has 0 radical (unpaired) electrons. The number of hydrogen-bond donors (Lipinski definition) is 0. The van der Waals surface area contributed by atoms with Gasteiger partial charge in [0.2, 0.25) is 0 Å². The van der Waals surface area contributed by atoms with Crippen molar-refractivity contribution in [3.63, 3.8) is 0 Å². The van der Waals surface area contributed by atoms with Crippen molar-refractivity contribution in [2.75, 3.05) is 36.2 Å². The van der Waals surface area contributed by atoms with Crippen LogP contribution in [0, 0.1) is 0 Å². The summed E-state index contributed by atoms with van der Waals surface area (Å²) in [6.45, 7) is 1.10. The molecule has 1 saturated heterocycles. The lowest BCUT2D eigenvalue weighted by Gasteiger charge is -2.06. The summed E-state index contributed by atoms with van der Waals surface area (Å²) in [7, 11) is 0. The number of ether oxygens (including phenoxy) is 2. The van der Waals surface area contributed by atoms with Gasteiger partial charge in [0.1, 0.15) is 0 Å². The highest BCUT2D eigenvalue weighted by atomic mass is 32.2. The van der Waals surface area contributed by atoms with Crippen molar-refractivity contribution in [3.8, 4) is 0 Å². The van der Waals surface area contributed by atoms with E-state index < -0.39 is 0 Å². The van der Waals surface area contributed by atoms with Crippen molar-refractivity contribution in [2.24, 2.45) is 0 Å². The number of thioether (sulfide) groups is 2. The molecule has 1 heterocycles. The summed E-state index contributed by atoms with van der Waals surface area (Å²) in [5.74, 6) is 3.98. The molecule has 0 aromatic carbocycles. The molecule has 0 spiro atoms. The molecule has 1 rings (SSSR count). The lowest BCUT2D eigenvalue weighted by atomic mass is 10.0. The van der Waals surface area contributed by atoms with Crippen LogP contribution in [0.1, 0.15) is 218 Å². The van der Waals surface area contributed by atoms with E-state index in [4.69, 9.17) is 9.47 Å². The summed E-state index contributed by atoms with van der Waals surface area (Å²) in [6.07, 6.45) is 44.3. The highest BCUT2D eigenvalue weighted by Gasteiger charge is 2.06. The Morgan fingerprint density at radius 1 is 0.271 bits per heavy atom. The van der Waals surface area contributed by atoms with Crippen LogP contribution in [0.15, 0.2) is 0 Å². The zero-order valence-electron chi connectivity index (χ0n) is 31.7. The lowest BCUT2D eigenvalue weighted by Crippen LogP contribution is -2.09. The van der Waals surface area contributed by atoms with Crippen molar-refractivity contribution < 1.29 is 19.1 Å². The first-order valence-electron chi connectivity index (χ1n) is 21.3. The quantitative estimate of drug-likeness (QED) is 0.233. The van der Waals surface area contributed by atoms with E-state index in [1.165, 1.54) is 191 Å². The molecule has 1 fully saturated rings. The maximum absolute atomic E-state index is 12.0. The third-order valence-corrected chi connectivity index (χ3v) is 11.9. The maximum Gasteiger partial charge on any atom is 0.306 e. The minimum Gasteiger partial charge on any atom is -0.466 e. The molecule has 0 atom stereocenters. The first kappa shape index (κ1) is 45.7. The number of esters is 2. The van der Waals surface area contributed by atoms with Crippen molar-refractivity contribution in [2.45, 2.75) is 218 Å². The van der Waals surface area contributed by atoms with Gasteiger partial charge in [-0.15, -0.1) is 0 Å². The number of rotatable bonds is 0. The summed E-state index contributed by atoms with van der Waals surface area (Å²) >= 11 is 3.84. The molecular weight excluding hydrogens is 633 g/mol. The molecule has 4 nitrogen and oxygen atoms in total. The van der Waals surface area contributed by atoms with Crippen LogP contribution in [0.2, 0.25) is 0 Å². The first-order valence-corrected chi connectivity index (χ1v) is 23.6. The predicted octanol–water partition coefficient (Wildman–Crippen LogP) is 13.8. The van der Waals surface area contributed by atoms with Gasteiger partial charge in [0.05, 0.1) is 26.1 Å². The Labute approximate surface area is 307 Å². The lowest BCUT2D eigenvalue weighted by molar-refractivity contribution is -0.144. The number of carbonyl (C=O) groups excluding carboxylic acids is 2. The van der Waals surface area contributed by atoms with E-state index in [0.29, 0.717) is 37.6 Å². The topological polar surface area (TPSA) is 52.6 Å². The Hall–Kier alpha value is -0.360. The van der Waals surface area contributed by atoms with E-state index in [1.807, 2.05) is 0 Å². The van der Waals surface area contributed by atoms with E-state index in [1.54, 1.807) is 11.8 Å². The fourth-order valence-corrected chi connectivity index (χ4v) is 8.44. The van der Waals surface area contributed by atoms with Gasteiger partial charge >= 0.3 is 11.9 Å². The van der Waals surface area contributed by atoms with Crippen molar-refractivity contribution >= 4 is 35.5 Å². The van der Waals surface area contributed by atoms with Gasteiger partial charge in [-0.2, -0.15) is 23.5 Å². The fraction of sp³-hybridized carbons (Fsp3) is 0.952. The molecule has 0 saturated carbocycles. The summed E-state index contributed by atoms with van der Waals surface area (Å²) in [4.78, 5) is 23.9. The molecular formula is C42H80O4S2. The Balaban J connectivity index is 2.09. The second-order valence-electron chi connectivity index (χ2n) is 14.5. The number of hydrogen-bond acceptors (Lipinski definition) is 6. The van der Waals surface area contributed by atoms with Crippen LogP contribution in [0.25, 0.3) is 0 Å². The summed E-state index contributed by atoms with van der Waals surface area (Å²) < 4.78 is 10.8. The van der Waals surface area contributed by atoms with Gasteiger partial charge in [-0.3, -0.25) is 9.59 Å². The highest BCUT2D eigenvalue weighted by molar-refractivity contribution is 7.99. The first-order chi connectivity index (χ1) is 23.8. The molecule has 6 heteroatoms. The third kappa shape index (κ3) is 36.9. The molecule has 1 aliphatic rings. The number of cyclic esters (lactones) is 2. The monoisotopic (exact) mass is 713 g/mol. The van der Waals surface area contributed by atoms with Gasteiger partial charge in [-0.05, 0) is 37.2 Å². The van der Waals surface area contributed by atoms with Crippen LogP contribution in [0.5, 0.6) is 0 Å². The Morgan fingerprint density at radius 2 is 0.479 bits per heavy atom. The van der Waals surface area contributed by atoms with Crippen LogP contribution in [0.3, 0.4) is 0 Å². The average molecular weight is 713 g/mol.